The zero-order valence-corrected chi connectivity index (χ0v) is 9.99. The van der Waals surface area contributed by atoms with E-state index in [4.69, 9.17) is 11.6 Å². The highest BCUT2D eigenvalue weighted by atomic mass is 35.5. The molecule has 0 spiro atoms. The topological polar surface area (TPSA) is 0 Å². The molecule has 0 saturated carbocycles. The van der Waals surface area contributed by atoms with Crippen molar-refractivity contribution >= 4 is 11.6 Å². The lowest BCUT2D eigenvalue weighted by Crippen LogP contribution is -2.11. The molecule has 0 nitrogen and oxygen atoms in total. The van der Waals surface area contributed by atoms with Gasteiger partial charge in [-0.3, -0.25) is 0 Å². The van der Waals surface area contributed by atoms with Crippen molar-refractivity contribution < 1.29 is 13.2 Å². The third kappa shape index (κ3) is 3.41. The van der Waals surface area contributed by atoms with Crippen molar-refractivity contribution in [3.63, 3.8) is 0 Å². The number of alkyl halides is 4. The molecule has 0 heterocycles. The van der Waals surface area contributed by atoms with Crippen molar-refractivity contribution in [3.05, 3.63) is 34.9 Å². The molecular formula is C12H14ClF3. The molecule has 0 aromatic heterocycles. The van der Waals surface area contributed by atoms with Crippen molar-refractivity contribution in [2.24, 2.45) is 5.92 Å². The summed E-state index contributed by atoms with van der Waals surface area (Å²) in [6.07, 6.45) is -3.87. The minimum absolute atomic E-state index is 0.187. The van der Waals surface area contributed by atoms with Crippen LogP contribution >= 0.6 is 11.6 Å². The molecule has 0 amide bonds. The first-order valence-corrected chi connectivity index (χ1v) is 5.63. The lowest BCUT2D eigenvalue weighted by atomic mass is 9.96. The SMILES string of the molecule is CC(C)Cc1cc(CCl)ccc1C(F)(F)F. The predicted molar refractivity (Wildman–Crippen MR) is 59.5 cm³/mol. The average Bonchev–Trinajstić information content (AvgIpc) is 2.14. The van der Waals surface area contributed by atoms with E-state index >= 15 is 0 Å². The zero-order valence-electron chi connectivity index (χ0n) is 9.24. The monoisotopic (exact) mass is 250 g/mol. The molecule has 0 N–H and O–H groups in total. The number of hydrogen-bond acceptors (Lipinski definition) is 0. The van der Waals surface area contributed by atoms with Crippen molar-refractivity contribution in [3.8, 4) is 0 Å². The molecule has 0 aliphatic carbocycles. The summed E-state index contributed by atoms with van der Waals surface area (Å²) in [6, 6.07) is 4.10. The lowest BCUT2D eigenvalue weighted by Gasteiger charge is -2.15. The molecule has 90 valence electrons. The van der Waals surface area contributed by atoms with Crippen LogP contribution in [0.15, 0.2) is 18.2 Å². The number of benzene rings is 1. The van der Waals surface area contributed by atoms with Crippen LogP contribution in [0.1, 0.15) is 30.5 Å². The predicted octanol–water partition coefficient (Wildman–Crippen LogP) is 4.64. The second kappa shape index (κ2) is 5.09. The highest BCUT2D eigenvalue weighted by molar-refractivity contribution is 6.17. The van der Waals surface area contributed by atoms with Crippen LogP contribution < -0.4 is 0 Å². The van der Waals surface area contributed by atoms with Crippen LogP contribution in [0.3, 0.4) is 0 Å². The fraction of sp³-hybridized carbons (Fsp3) is 0.500. The summed E-state index contributed by atoms with van der Waals surface area (Å²) in [7, 11) is 0. The van der Waals surface area contributed by atoms with Gasteiger partial charge in [0.15, 0.2) is 0 Å². The second-order valence-electron chi connectivity index (χ2n) is 4.22. The molecule has 0 atom stereocenters. The van der Waals surface area contributed by atoms with E-state index in [1.807, 2.05) is 13.8 Å². The largest absolute Gasteiger partial charge is 0.416 e. The molecule has 0 fully saturated rings. The number of halogens is 4. The summed E-state index contributed by atoms with van der Waals surface area (Å²) in [4.78, 5) is 0. The standard InChI is InChI=1S/C12H14ClF3/c1-8(2)5-10-6-9(7-13)3-4-11(10)12(14,15)16/h3-4,6,8H,5,7H2,1-2H3. The Labute approximate surface area is 98.4 Å². The molecular weight excluding hydrogens is 237 g/mol. The van der Waals surface area contributed by atoms with Crippen LogP contribution in [0.4, 0.5) is 13.2 Å². The Morgan fingerprint density at radius 1 is 1.25 bits per heavy atom. The Balaban J connectivity index is 3.16. The van der Waals surface area contributed by atoms with Crippen LogP contribution in [0.25, 0.3) is 0 Å². The first-order valence-electron chi connectivity index (χ1n) is 5.09. The van der Waals surface area contributed by atoms with Crippen molar-refractivity contribution in [1.29, 1.82) is 0 Å². The van der Waals surface area contributed by atoms with Gasteiger partial charge < -0.3 is 0 Å². The highest BCUT2D eigenvalue weighted by Gasteiger charge is 2.33. The fourth-order valence-electron chi connectivity index (χ4n) is 1.62. The molecule has 16 heavy (non-hydrogen) atoms. The van der Waals surface area contributed by atoms with E-state index in [1.54, 1.807) is 6.07 Å². The fourth-order valence-corrected chi connectivity index (χ4v) is 1.78. The zero-order chi connectivity index (χ0) is 12.3. The Morgan fingerprint density at radius 3 is 2.31 bits per heavy atom. The third-order valence-corrected chi connectivity index (χ3v) is 2.57. The Morgan fingerprint density at radius 2 is 1.88 bits per heavy atom. The van der Waals surface area contributed by atoms with E-state index in [0.29, 0.717) is 12.0 Å². The minimum atomic E-state index is -4.28. The Bertz CT molecular complexity index is 356. The van der Waals surface area contributed by atoms with Gasteiger partial charge in [-0.15, -0.1) is 11.6 Å². The first kappa shape index (κ1) is 13.4. The Kier molecular flexibility index (Phi) is 4.25. The van der Waals surface area contributed by atoms with E-state index in [1.165, 1.54) is 6.07 Å². The molecule has 0 bridgehead atoms. The lowest BCUT2D eigenvalue weighted by molar-refractivity contribution is -0.138. The van der Waals surface area contributed by atoms with Gasteiger partial charge in [-0.05, 0) is 29.5 Å². The van der Waals surface area contributed by atoms with Gasteiger partial charge in [0.25, 0.3) is 0 Å². The van der Waals surface area contributed by atoms with Gasteiger partial charge >= 0.3 is 6.18 Å². The molecule has 1 aromatic rings. The molecule has 0 radical (unpaired) electrons. The van der Waals surface area contributed by atoms with E-state index < -0.39 is 11.7 Å². The maximum absolute atomic E-state index is 12.7. The maximum atomic E-state index is 12.7. The van der Waals surface area contributed by atoms with Gasteiger partial charge in [-0.2, -0.15) is 13.2 Å². The van der Waals surface area contributed by atoms with Crippen LogP contribution in [-0.2, 0) is 18.5 Å². The van der Waals surface area contributed by atoms with Crippen molar-refractivity contribution in [2.45, 2.75) is 32.3 Å². The summed E-state index contributed by atoms with van der Waals surface area (Å²) in [5, 5.41) is 0. The highest BCUT2D eigenvalue weighted by Crippen LogP contribution is 2.33. The quantitative estimate of drug-likeness (QED) is 0.686. The van der Waals surface area contributed by atoms with Crippen LogP contribution in [-0.4, -0.2) is 0 Å². The minimum Gasteiger partial charge on any atom is -0.166 e. The molecule has 0 unspecified atom stereocenters. The molecule has 4 heteroatoms. The van der Waals surface area contributed by atoms with Gasteiger partial charge in [0, 0.05) is 5.88 Å². The third-order valence-electron chi connectivity index (χ3n) is 2.26. The summed E-state index contributed by atoms with van der Waals surface area (Å²) in [5.41, 5.74) is 0.515. The maximum Gasteiger partial charge on any atom is 0.416 e. The van der Waals surface area contributed by atoms with Gasteiger partial charge in [-0.1, -0.05) is 26.0 Å². The summed E-state index contributed by atoms with van der Waals surface area (Å²) < 4.78 is 38.1. The second-order valence-corrected chi connectivity index (χ2v) is 4.49. The number of rotatable bonds is 3. The van der Waals surface area contributed by atoms with E-state index in [0.717, 1.165) is 11.6 Å². The van der Waals surface area contributed by atoms with Crippen molar-refractivity contribution in [1.82, 2.24) is 0 Å². The number of hydrogen-bond donors (Lipinski definition) is 0. The van der Waals surface area contributed by atoms with Gasteiger partial charge in [0.05, 0.1) is 5.56 Å². The van der Waals surface area contributed by atoms with Gasteiger partial charge in [0.2, 0.25) is 0 Å². The molecule has 0 saturated heterocycles. The average molecular weight is 251 g/mol. The molecule has 1 aromatic carbocycles. The van der Waals surface area contributed by atoms with Gasteiger partial charge in [-0.25, -0.2) is 0 Å². The van der Waals surface area contributed by atoms with Gasteiger partial charge in [0.1, 0.15) is 0 Å². The smallest absolute Gasteiger partial charge is 0.166 e. The molecule has 0 aliphatic heterocycles. The summed E-state index contributed by atoms with van der Waals surface area (Å²) in [5.74, 6) is 0.426. The van der Waals surface area contributed by atoms with Crippen molar-refractivity contribution in [2.75, 3.05) is 0 Å². The van der Waals surface area contributed by atoms with E-state index in [-0.39, 0.29) is 11.8 Å². The van der Waals surface area contributed by atoms with Crippen LogP contribution in [0.2, 0.25) is 0 Å². The molecule has 0 aliphatic rings. The van der Waals surface area contributed by atoms with E-state index in [9.17, 15) is 13.2 Å². The van der Waals surface area contributed by atoms with E-state index in [2.05, 4.69) is 0 Å². The Hall–Kier alpha value is -0.700. The normalized spacial score (nSPS) is 12.2. The van der Waals surface area contributed by atoms with Crippen LogP contribution in [0, 0.1) is 5.92 Å². The summed E-state index contributed by atoms with van der Waals surface area (Å²) in [6.45, 7) is 3.79. The van der Waals surface area contributed by atoms with Crippen LogP contribution in [0.5, 0.6) is 0 Å². The molecule has 1 rings (SSSR count). The summed E-state index contributed by atoms with van der Waals surface area (Å²) >= 11 is 5.62. The first-order chi connectivity index (χ1) is 7.34.